The van der Waals surface area contributed by atoms with Gasteiger partial charge in [-0.05, 0) is 37.1 Å². The lowest BCUT2D eigenvalue weighted by atomic mass is 10.00. The Bertz CT molecular complexity index is 806. The van der Waals surface area contributed by atoms with Gasteiger partial charge in [-0.1, -0.05) is 5.92 Å². The molecular formula is C18H19FN4O2. The third kappa shape index (κ3) is 3.98. The first kappa shape index (κ1) is 17.0. The van der Waals surface area contributed by atoms with E-state index in [0.717, 1.165) is 12.0 Å². The second kappa shape index (κ2) is 7.36. The van der Waals surface area contributed by atoms with E-state index < -0.39 is 17.9 Å². The van der Waals surface area contributed by atoms with E-state index >= 15 is 0 Å². The van der Waals surface area contributed by atoms with E-state index in [2.05, 4.69) is 21.7 Å². The molecule has 25 heavy (non-hydrogen) atoms. The van der Waals surface area contributed by atoms with Crippen molar-refractivity contribution in [1.29, 1.82) is 0 Å². The second-order valence-electron chi connectivity index (χ2n) is 5.99. The first-order valence-corrected chi connectivity index (χ1v) is 7.99. The van der Waals surface area contributed by atoms with Crippen LogP contribution in [-0.4, -0.2) is 35.1 Å². The summed E-state index contributed by atoms with van der Waals surface area (Å²) >= 11 is 0. The van der Waals surface area contributed by atoms with Crippen molar-refractivity contribution in [2.45, 2.75) is 19.4 Å². The zero-order valence-electron chi connectivity index (χ0n) is 13.8. The molecule has 0 radical (unpaired) electrons. The fraction of sp³-hybridized carbons (Fsp3) is 0.333. The number of nitrogens with one attached hydrogen (secondary N) is 2. The summed E-state index contributed by atoms with van der Waals surface area (Å²) in [7, 11) is 0. The molecule has 2 amide bonds. The van der Waals surface area contributed by atoms with Gasteiger partial charge in [-0.15, -0.1) is 6.42 Å². The Morgan fingerprint density at radius 1 is 1.56 bits per heavy atom. The molecule has 0 aliphatic carbocycles. The fourth-order valence-electron chi connectivity index (χ4n) is 2.73. The van der Waals surface area contributed by atoms with Crippen LogP contribution in [0.2, 0.25) is 0 Å². The highest BCUT2D eigenvalue weighted by atomic mass is 19.1. The minimum Gasteiger partial charge on any atom is -0.381 e. The van der Waals surface area contributed by atoms with Crippen LogP contribution in [0.1, 0.15) is 12.0 Å². The zero-order valence-corrected chi connectivity index (χ0v) is 13.8. The Hall–Kier alpha value is -2.85. The van der Waals surface area contributed by atoms with E-state index in [4.69, 9.17) is 11.2 Å². The molecule has 2 aromatic rings. The minimum atomic E-state index is -0.487. The zero-order chi connectivity index (χ0) is 17.8. The van der Waals surface area contributed by atoms with Crippen LogP contribution < -0.4 is 10.6 Å². The van der Waals surface area contributed by atoms with E-state index in [9.17, 15) is 9.18 Å². The highest BCUT2D eigenvalue weighted by Crippen LogP contribution is 2.19. The van der Waals surface area contributed by atoms with Crippen LogP contribution in [-0.2, 0) is 4.74 Å². The first-order chi connectivity index (χ1) is 12.1. The van der Waals surface area contributed by atoms with Crippen molar-refractivity contribution in [2.24, 2.45) is 5.92 Å². The number of hydrogen-bond donors (Lipinski definition) is 2. The number of terminal acetylenes is 1. The van der Waals surface area contributed by atoms with Gasteiger partial charge in [-0.25, -0.2) is 13.9 Å². The highest BCUT2D eigenvalue weighted by Gasteiger charge is 2.25. The topological polar surface area (TPSA) is 68.2 Å². The molecule has 2 unspecified atom stereocenters. The number of hydrogen-bond acceptors (Lipinski definition) is 3. The van der Waals surface area contributed by atoms with Gasteiger partial charge in [-0.2, -0.15) is 5.10 Å². The van der Waals surface area contributed by atoms with E-state index in [0.29, 0.717) is 24.6 Å². The maximum atomic E-state index is 14.3. The first-order valence-electron chi connectivity index (χ1n) is 7.99. The Labute approximate surface area is 145 Å². The predicted molar refractivity (Wildman–Crippen MR) is 92.0 cm³/mol. The number of aryl methyl sites for hydroxylation is 1. The van der Waals surface area contributed by atoms with Gasteiger partial charge in [0.15, 0.2) is 5.82 Å². The van der Waals surface area contributed by atoms with Crippen LogP contribution in [0.4, 0.5) is 14.9 Å². The number of amides is 2. The summed E-state index contributed by atoms with van der Waals surface area (Å²) in [6, 6.07) is 3.52. The van der Waals surface area contributed by atoms with E-state index in [1.807, 2.05) is 6.92 Å². The fourth-order valence-corrected chi connectivity index (χ4v) is 2.73. The summed E-state index contributed by atoms with van der Waals surface area (Å²) < 4.78 is 21.0. The van der Waals surface area contributed by atoms with Crippen LogP contribution >= 0.6 is 0 Å². The molecule has 1 aromatic carbocycles. The molecule has 7 heteroatoms. The number of nitrogens with zero attached hydrogens (tertiary/aromatic N) is 2. The van der Waals surface area contributed by atoms with Crippen LogP contribution in [0.3, 0.4) is 0 Å². The van der Waals surface area contributed by atoms with Gasteiger partial charge in [0, 0.05) is 24.4 Å². The van der Waals surface area contributed by atoms with Crippen molar-refractivity contribution in [1.82, 2.24) is 15.1 Å². The van der Waals surface area contributed by atoms with E-state index in [1.54, 1.807) is 24.5 Å². The van der Waals surface area contributed by atoms with Crippen molar-refractivity contribution in [3.05, 3.63) is 42.0 Å². The number of carbonyl (C=O) groups excluding carboxylic acids is 1. The summed E-state index contributed by atoms with van der Waals surface area (Å²) in [5.74, 6) is 2.18. The molecule has 1 aliphatic rings. The van der Waals surface area contributed by atoms with Gasteiger partial charge in [0.05, 0.1) is 18.8 Å². The number of halogens is 1. The number of anilines is 1. The Balaban J connectivity index is 1.65. The van der Waals surface area contributed by atoms with Gasteiger partial charge < -0.3 is 15.4 Å². The molecule has 3 rings (SSSR count). The van der Waals surface area contributed by atoms with Gasteiger partial charge >= 0.3 is 6.03 Å². The molecule has 0 saturated carbocycles. The average molecular weight is 342 g/mol. The van der Waals surface area contributed by atoms with E-state index in [-0.39, 0.29) is 5.92 Å². The van der Waals surface area contributed by atoms with Gasteiger partial charge in [-0.3, -0.25) is 0 Å². The van der Waals surface area contributed by atoms with Gasteiger partial charge in [0.2, 0.25) is 0 Å². The number of aromatic nitrogens is 2. The molecule has 0 bridgehead atoms. The Morgan fingerprint density at radius 3 is 3.00 bits per heavy atom. The number of benzene rings is 1. The third-order valence-electron chi connectivity index (χ3n) is 4.07. The summed E-state index contributed by atoms with van der Waals surface area (Å²) in [6.07, 6.45) is 9.66. The number of urea groups is 1. The molecule has 0 spiro atoms. The van der Waals surface area contributed by atoms with Crippen molar-refractivity contribution in [3.63, 3.8) is 0 Å². The maximum Gasteiger partial charge on any atom is 0.320 e. The minimum absolute atomic E-state index is 0.0953. The molecule has 2 atom stereocenters. The predicted octanol–water partition coefficient (Wildman–Crippen LogP) is 2.48. The molecule has 1 fully saturated rings. The molecule has 130 valence electrons. The normalized spacial score (nSPS) is 17.7. The van der Waals surface area contributed by atoms with Crippen LogP contribution in [0.15, 0.2) is 30.6 Å². The lowest BCUT2D eigenvalue weighted by molar-refractivity contribution is 0.181. The number of carbonyl (C=O) groups is 1. The second-order valence-corrected chi connectivity index (χ2v) is 5.99. The average Bonchev–Trinajstić information content (AvgIpc) is 3.24. The monoisotopic (exact) mass is 342 g/mol. The molecule has 6 nitrogen and oxygen atoms in total. The summed E-state index contributed by atoms with van der Waals surface area (Å²) in [5, 5.41) is 9.39. The van der Waals surface area contributed by atoms with Gasteiger partial charge in [0.1, 0.15) is 5.69 Å². The quantitative estimate of drug-likeness (QED) is 0.839. The molecule has 1 aliphatic heterocycles. The van der Waals surface area contributed by atoms with Gasteiger partial charge in [0.25, 0.3) is 0 Å². The highest BCUT2D eigenvalue weighted by molar-refractivity contribution is 5.89. The Kier molecular flexibility index (Phi) is 5.00. The van der Waals surface area contributed by atoms with E-state index in [1.165, 1.54) is 10.7 Å². The van der Waals surface area contributed by atoms with Crippen LogP contribution in [0.5, 0.6) is 0 Å². The summed E-state index contributed by atoms with van der Waals surface area (Å²) in [6.45, 7) is 3.05. The molecule has 2 N–H and O–H groups in total. The lowest BCUT2D eigenvalue weighted by Gasteiger charge is -2.18. The summed E-state index contributed by atoms with van der Waals surface area (Å²) in [5.41, 5.74) is 1.57. The SMILES string of the molecule is C#CC(NC(=O)Nc1ccc(-n2cc(C)cn2)c(F)c1)C1CCOC1. The van der Waals surface area contributed by atoms with Crippen molar-refractivity contribution in [3.8, 4) is 18.0 Å². The largest absolute Gasteiger partial charge is 0.381 e. The molecule has 1 aromatic heterocycles. The number of ether oxygens (including phenoxy) is 1. The lowest BCUT2D eigenvalue weighted by Crippen LogP contribution is -2.42. The Morgan fingerprint density at radius 2 is 2.40 bits per heavy atom. The maximum absolute atomic E-state index is 14.3. The summed E-state index contributed by atoms with van der Waals surface area (Å²) in [4.78, 5) is 12.1. The third-order valence-corrected chi connectivity index (χ3v) is 4.07. The molecular weight excluding hydrogens is 323 g/mol. The van der Waals surface area contributed by atoms with Crippen molar-refractivity contribution >= 4 is 11.7 Å². The molecule has 2 heterocycles. The number of rotatable bonds is 4. The van der Waals surface area contributed by atoms with Crippen LogP contribution in [0.25, 0.3) is 5.69 Å². The molecule has 1 saturated heterocycles. The van der Waals surface area contributed by atoms with Crippen molar-refractivity contribution in [2.75, 3.05) is 18.5 Å². The van der Waals surface area contributed by atoms with Crippen LogP contribution in [0, 0.1) is 31.0 Å². The van der Waals surface area contributed by atoms with Crippen molar-refractivity contribution < 1.29 is 13.9 Å². The smallest absolute Gasteiger partial charge is 0.320 e. The standard InChI is InChI=1S/C18H19FN4O2/c1-3-16(13-6-7-25-11-13)22-18(24)21-14-4-5-17(15(19)8-14)23-10-12(2)9-20-23/h1,4-5,8-10,13,16H,6-7,11H2,2H3,(H2,21,22,24).